The van der Waals surface area contributed by atoms with E-state index in [2.05, 4.69) is 219 Å². The Labute approximate surface area is 333 Å². The molecule has 0 saturated carbocycles. The first-order valence-electron chi connectivity index (χ1n) is 19.8. The predicted octanol–water partition coefficient (Wildman–Crippen LogP) is 15.4. The smallest absolute Gasteiger partial charge is 0.159 e. The molecule has 2 heteroatoms. The van der Waals surface area contributed by atoms with Crippen LogP contribution in [0.1, 0.15) is 25.0 Å². The Balaban J connectivity index is 1.16. The number of fused-ring (bicyclic) bond motifs is 9. The molecule has 0 N–H and O–H groups in total. The number of ether oxygens (including phenoxy) is 1. The summed E-state index contributed by atoms with van der Waals surface area (Å²) in [5.74, 6) is 1.67. The van der Waals surface area contributed by atoms with E-state index in [1.54, 1.807) is 0 Å². The zero-order chi connectivity index (χ0) is 38.1. The second-order valence-electron chi connectivity index (χ2n) is 15.7. The fourth-order valence-electron chi connectivity index (χ4n) is 9.15. The van der Waals surface area contributed by atoms with E-state index in [1.807, 2.05) is 0 Å². The van der Waals surface area contributed by atoms with E-state index in [0.29, 0.717) is 0 Å². The van der Waals surface area contributed by atoms with Crippen molar-refractivity contribution in [2.45, 2.75) is 19.3 Å². The molecule has 0 saturated heterocycles. The van der Waals surface area contributed by atoms with E-state index < -0.39 is 0 Å². The second-order valence-corrected chi connectivity index (χ2v) is 15.7. The van der Waals surface area contributed by atoms with Crippen molar-refractivity contribution in [3.05, 3.63) is 211 Å². The second kappa shape index (κ2) is 13.0. The first kappa shape index (κ1) is 33.2. The Bertz CT molecular complexity index is 3000. The van der Waals surface area contributed by atoms with Gasteiger partial charge in [-0.1, -0.05) is 166 Å². The molecule has 2 nitrogen and oxygen atoms in total. The molecule has 57 heavy (non-hydrogen) atoms. The van der Waals surface area contributed by atoms with Crippen LogP contribution >= 0.6 is 0 Å². The number of anilines is 3. The average molecular weight is 730 g/mol. The van der Waals surface area contributed by atoms with E-state index in [0.717, 1.165) is 56.2 Å². The zero-order valence-corrected chi connectivity index (χ0v) is 31.9. The SMILES string of the molecule is CC1(C)c2ccccc2-c2ccc(N(c3ccc(-c4ccccc4)cc3)c3cccc4c3Oc3cc5ccccc5cc3-c3ccc(-c5ccccc5)cc3-4)cc21. The van der Waals surface area contributed by atoms with Gasteiger partial charge in [-0.05, 0) is 115 Å². The molecule has 11 rings (SSSR count). The molecule has 0 amide bonds. The van der Waals surface area contributed by atoms with E-state index in [1.165, 1.54) is 49.9 Å². The van der Waals surface area contributed by atoms with Crippen molar-refractivity contribution < 1.29 is 4.74 Å². The van der Waals surface area contributed by atoms with Gasteiger partial charge in [-0.25, -0.2) is 0 Å². The van der Waals surface area contributed by atoms with E-state index >= 15 is 0 Å². The van der Waals surface area contributed by atoms with Crippen LogP contribution in [0, 0.1) is 0 Å². The maximum Gasteiger partial charge on any atom is 0.159 e. The molecule has 9 aromatic rings. The predicted molar refractivity (Wildman–Crippen MR) is 238 cm³/mol. The van der Waals surface area contributed by atoms with Crippen molar-refractivity contribution in [3.8, 4) is 67.1 Å². The van der Waals surface area contributed by atoms with Gasteiger partial charge in [-0.3, -0.25) is 0 Å². The summed E-state index contributed by atoms with van der Waals surface area (Å²) in [5, 5.41) is 2.33. The van der Waals surface area contributed by atoms with Crippen LogP contribution in [0.15, 0.2) is 200 Å². The van der Waals surface area contributed by atoms with Gasteiger partial charge < -0.3 is 9.64 Å². The standard InChI is InChI=1S/C55H39NO/c1-55(2)50-22-12-11-20-45(50)46-31-29-43(35-51(46)55)56(42-27-24-38(25-28-42)36-14-5-3-6-15-36)52-23-13-21-47-48-32-41(37-16-7-4-8-17-37)26-30-44(48)49-33-39-18-9-10-19-40(39)34-53(49)57-54(47)52/h3-35H,1-2H3. The van der Waals surface area contributed by atoms with E-state index in [4.69, 9.17) is 4.74 Å². The molecular formula is C55H39NO. The number of para-hydroxylation sites is 1. The van der Waals surface area contributed by atoms with Crippen molar-refractivity contribution in [2.24, 2.45) is 0 Å². The monoisotopic (exact) mass is 729 g/mol. The number of benzene rings is 9. The maximum absolute atomic E-state index is 7.33. The van der Waals surface area contributed by atoms with Crippen molar-refractivity contribution in [2.75, 3.05) is 4.90 Å². The summed E-state index contributed by atoms with van der Waals surface area (Å²) >= 11 is 0. The van der Waals surface area contributed by atoms with Gasteiger partial charge in [0, 0.05) is 27.9 Å². The highest BCUT2D eigenvalue weighted by Gasteiger charge is 2.36. The van der Waals surface area contributed by atoms with Crippen LogP contribution in [0.2, 0.25) is 0 Å². The van der Waals surface area contributed by atoms with Crippen LogP contribution in [0.5, 0.6) is 11.5 Å². The fraction of sp³-hybridized carbons (Fsp3) is 0.0545. The van der Waals surface area contributed by atoms with Crippen LogP contribution in [0.25, 0.3) is 66.4 Å². The molecule has 0 fully saturated rings. The first-order chi connectivity index (χ1) is 28.0. The molecule has 270 valence electrons. The minimum Gasteiger partial charge on any atom is -0.454 e. The summed E-state index contributed by atoms with van der Waals surface area (Å²) in [6, 6.07) is 72.6. The van der Waals surface area contributed by atoms with E-state index in [-0.39, 0.29) is 5.41 Å². The first-order valence-corrected chi connectivity index (χ1v) is 19.8. The van der Waals surface area contributed by atoms with Crippen LogP contribution in [-0.4, -0.2) is 0 Å². The van der Waals surface area contributed by atoms with Gasteiger partial charge in [0.05, 0.1) is 5.69 Å². The topological polar surface area (TPSA) is 12.5 Å². The molecule has 0 radical (unpaired) electrons. The lowest BCUT2D eigenvalue weighted by atomic mass is 9.82. The Morgan fingerprint density at radius 1 is 0.368 bits per heavy atom. The molecule has 0 spiro atoms. The summed E-state index contributed by atoms with van der Waals surface area (Å²) < 4.78 is 7.33. The highest BCUT2D eigenvalue weighted by Crippen LogP contribution is 2.55. The van der Waals surface area contributed by atoms with E-state index in [9.17, 15) is 0 Å². The van der Waals surface area contributed by atoms with Crippen LogP contribution in [-0.2, 0) is 5.41 Å². The van der Waals surface area contributed by atoms with Gasteiger partial charge in [0.2, 0.25) is 0 Å². The molecule has 0 unspecified atom stereocenters. The summed E-state index contributed by atoms with van der Waals surface area (Å²) in [5.41, 5.74) is 17.4. The molecule has 1 heterocycles. The summed E-state index contributed by atoms with van der Waals surface area (Å²) in [7, 11) is 0. The third-order valence-corrected chi connectivity index (χ3v) is 12.1. The normalized spacial score (nSPS) is 13.0. The molecular weight excluding hydrogens is 691 g/mol. The van der Waals surface area contributed by atoms with Crippen molar-refractivity contribution >= 4 is 27.8 Å². The molecule has 1 aliphatic heterocycles. The quantitative estimate of drug-likeness (QED) is 0.175. The largest absolute Gasteiger partial charge is 0.454 e. The lowest BCUT2D eigenvalue weighted by Gasteiger charge is -2.30. The third kappa shape index (κ3) is 5.40. The van der Waals surface area contributed by atoms with Crippen molar-refractivity contribution in [3.63, 3.8) is 0 Å². The number of nitrogens with zero attached hydrogens (tertiary/aromatic N) is 1. The summed E-state index contributed by atoms with van der Waals surface area (Å²) in [6.07, 6.45) is 0. The number of hydrogen-bond acceptors (Lipinski definition) is 2. The number of hydrogen-bond donors (Lipinski definition) is 0. The Hall–Kier alpha value is -7.16. The van der Waals surface area contributed by atoms with Gasteiger partial charge in [-0.15, -0.1) is 0 Å². The molecule has 0 bridgehead atoms. The fourth-order valence-corrected chi connectivity index (χ4v) is 9.15. The molecule has 0 atom stereocenters. The van der Waals surface area contributed by atoms with Gasteiger partial charge in [0.1, 0.15) is 5.75 Å². The Morgan fingerprint density at radius 2 is 0.947 bits per heavy atom. The van der Waals surface area contributed by atoms with Gasteiger partial charge >= 0.3 is 0 Å². The molecule has 0 aromatic heterocycles. The summed E-state index contributed by atoms with van der Waals surface area (Å²) in [6.45, 7) is 4.70. The van der Waals surface area contributed by atoms with Gasteiger partial charge in [0.25, 0.3) is 0 Å². The highest BCUT2D eigenvalue weighted by molar-refractivity contribution is 6.00. The van der Waals surface area contributed by atoms with Crippen LogP contribution < -0.4 is 9.64 Å². The lowest BCUT2D eigenvalue weighted by molar-refractivity contribution is 0.489. The number of rotatable bonds is 5. The Morgan fingerprint density at radius 3 is 1.72 bits per heavy atom. The maximum atomic E-state index is 7.33. The lowest BCUT2D eigenvalue weighted by Crippen LogP contribution is -2.17. The Kier molecular flexibility index (Phi) is 7.55. The van der Waals surface area contributed by atoms with Crippen LogP contribution in [0.3, 0.4) is 0 Å². The highest BCUT2D eigenvalue weighted by atomic mass is 16.5. The van der Waals surface area contributed by atoms with Gasteiger partial charge in [-0.2, -0.15) is 0 Å². The van der Waals surface area contributed by atoms with Gasteiger partial charge in [0.15, 0.2) is 5.75 Å². The summed E-state index contributed by atoms with van der Waals surface area (Å²) in [4.78, 5) is 2.39. The minimum atomic E-state index is -0.151. The van der Waals surface area contributed by atoms with Crippen molar-refractivity contribution in [1.29, 1.82) is 0 Å². The third-order valence-electron chi connectivity index (χ3n) is 12.1. The zero-order valence-electron chi connectivity index (χ0n) is 31.9. The average Bonchev–Trinajstić information content (AvgIpc) is 3.40. The van der Waals surface area contributed by atoms with Crippen LogP contribution in [0.4, 0.5) is 17.1 Å². The molecule has 9 aromatic carbocycles. The minimum absolute atomic E-state index is 0.151. The molecule has 1 aliphatic carbocycles. The molecule has 2 aliphatic rings. The van der Waals surface area contributed by atoms with Crippen molar-refractivity contribution in [1.82, 2.24) is 0 Å².